The Morgan fingerprint density at radius 2 is 2.18 bits per heavy atom. The summed E-state index contributed by atoms with van der Waals surface area (Å²) >= 11 is 0. The van der Waals surface area contributed by atoms with E-state index in [4.69, 9.17) is 5.11 Å². The Bertz CT molecular complexity index is 597. The number of carboxylic acids is 1. The second kappa shape index (κ2) is 6.46. The number of halogens is 3. The molecule has 0 atom stereocenters. The first kappa shape index (κ1) is 15.8. The fourth-order valence-corrected chi connectivity index (χ4v) is 1.66. The molecular formula is C13H12F3N3O3. The van der Waals surface area contributed by atoms with Gasteiger partial charge in [0, 0.05) is 25.0 Å². The lowest BCUT2D eigenvalue weighted by molar-refractivity contribution is -0.154. The van der Waals surface area contributed by atoms with Gasteiger partial charge < -0.3 is 14.7 Å². The molecule has 0 spiro atoms. The summed E-state index contributed by atoms with van der Waals surface area (Å²) in [6.45, 7) is -0.801. The van der Waals surface area contributed by atoms with Gasteiger partial charge in [-0.05, 0) is 11.6 Å². The summed E-state index contributed by atoms with van der Waals surface area (Å²) in [7, 11) is 0. The average molecular weight is 315 g/mol. The fourth-order valence-electron chi connectivity index (χ4n) is 1.66. The first-order valence-electron chi connectivity index (χ1n) is 6.18. The first-order valence-corrected chi connectivity index (χ1v) is 6.18. The number of nitrogens with zero attached hydrogens (tertiary/aromatic N) is 3. The monoisotopic (exact) mass is 315 g/mol. The van der Waals surface area contributed by atoms with Crippen molar-refractivity contribution in [1.82, 2.24) is 9.88 Å². The van der Waals surface area contributed by atoms with Gasteiger partial charge in [0.1, 0.15) is 12.4 Å². The van der Waals surface area contributed by atoms with Crippen molar-refractivity contribution in [2.24, 2.45) is 4.99 Å². The van der Waals surface area contributed by atoms with E-state index in [9.17, 15) is 18.0 Å². The van der Waals surface area contributed by atoms with Gasteiger partial charge in [0.25, 0.3) is 0 Å². The number of hydrogen-bond acceptors (Lipinski definition) is 5. The third-order valence-corrected chi connectivity index (χ3v) is 2.65. The number of pyridine rings is 1. The van der Waals surface area contributed by atoms with Crippen LogP contribution >= 0.6 is 0 Å². The van der Waals surface area contributed by atoms with Gasteiger partial charge in [-0.25, -0.2) is 9.78 Å². The molecule has 6 nitrogen and oxygen atoms in total. The van der Waals surface area contributed by atoms with E-state index in [-0.39, 0.29) is 18.3 Å². The van der Waals surface area contributed by atoms with Crippen LogP contribution in [0.3, 0.4) is 0 Å². The van der Waals surface area contributed by atoms with E-state index >= 15 is 0 Å². The van der Waals surface area contributed by atoms with E-state index in [2.05, 4.69) is 14.7 Å². The highest BCUT2D eigenvalue weighted by atomic mass is 19.4. The van der Waals surface area contributed by atoms with E-state index < -0.39 is 18.8 Å². The van der Waals surface area contributed by atoms with Gasteiger partial charge in [0.2, 0.25) is 5.88 Å². The number of carboxylic acid groups (broad SMARTS) is 1. The molecule has 9 heteroatoms. The van der Waals surface area contributed by atoms with Gasteiger partial charge in [0.05, 0.1) is 0 Å². The Kier molecular flexibility index (Phi) is 4.64. The molecule has 1 aliphatic rings. The predicted molar refractivity (Wildman–Crippen MR) is 70.4 cm³/mol. The van der Waals surface area contributed by atoms with Gasteiger partial charge >= 0.3 is 12.1 Å². The molecule has 0 amide bonds. The third kappa shape index (κ3) is 4.76. The van der Waals surface area contributed by atoms with Gasteiger partial charge in [0.15, 0.2) is 6.61 Å². The smallest absolute Gasteiger partial charge is 0.422 e. The van der Waals surface area contributed by atoms with Gasteiger partial charge in [-0.1, -0.05) is 6.07 Å². The second-order valence-electron chi connectivity index (χ2n) is 4.46. The van der Waals surface area contributed by atoms with Crippen LogP contribution < -0.4 is 4.74 Å². The fraction of sp³-hybridized carbons (Fsp3) is 0.308. The number of alkyl halides is 3. The van der Waals surface area contributed by atoms with Crippen LogP contribution in [0, 0.1) is 0 Å². The maximum Gasteiger partial charge on any atom is 0.422 e. The molecule has 2 heterocycles. The highest BCUT2D eigenvalue weighted by Crippen LogP contribution is 2.17. The maximum atomic E-state index is 12.0. The highest BCUT2D eigenvalue weighted by molar-refractivity contribution is 6.40. The molecule has 2 rings (SSSR count). The van der Waals surface area contributed by atoms with E-state index in [0.29, 0.717) is 6.54 Å². The van der Waals surface area contributed by atoms with Crippen LogP contribution in [0.1, 0.15) is 5.56 Å². The topological polar surface area (TPSA) is 75.0 Å². The largest absolute Gasteiger partial charge is 0.477 e. The SMILES string of the molecule is O=C(O)C1=NCN(Cc2ccc(OCC(F)(F)F)nc2)C=C1. The zero-order valence-electron chi connectivity index (χ0n) is 11.2. The lowest BCUT2D eigenvalue weighted by atomic mass is 10.2. The summed E-state index contributed by atoms with van der Waals surface area (Å²) < 4.78 is 40.5. The molecule has 0 radical (unpaired) electrons. The molecule has 0 bridgehead atoms. The first-order chi connectivity index (χ1) is 10.3. The van der Waals surface area contributed by atoms with Crippen LogP contribution in [0.4, 0.5) is 13.2 Å². The summed E-state index contributed by atoms with van der Waals surface area (Å²) in [5.41, 5.74) is 0.711. The number of carbonyl (C=O) groups is 1. The minimum Gasteiger partial charge on any atom is -0.477 e. The third-order valence-electron chi connectivity index (χ3n) is 2.65. The Balaban J connectivity index is 1.87. The minimum atomic E-state index is -4.40. The molecule has 0 fully saturated rings. The Hall–Kier alpha value is -2.58. The average Bonchev–Trinajstić information content (AvgIpc) is 2.46. The molecular weight excluding hydrogens is 303 g/mol. The predicted octanol–water partition coefficient (Wildman–Crippen LogP) is 1.84. The van der Waals surface area contributed by atoms with Crippen LogP contribution in [0.15, 0.2) is 35.6 Å². The number of aliphatic imine (C=N–C) groups is 1. The second-order valence-corrected chi connectivity index (χ2v) is 4.46. The Morgan fingerprint density at radius 3 is 2.68 bits per heavy atom. The highest BCUT2D eigenvalue weighted by Gasteiger charge is 2.28. The quantitative estimate of drug-likeness (QED) is 0.897. The van der Waals surface area contributed by atoms with Crippen LogP contribution in [-0.4, -0.2) is 46.1 Å². The van der Waals surface area contributed by atoms with Crippen molar-refractivity contribution in [2.75, 3.05) is 13.3 Å². The van der Waals surface area contributed by atoms with Crippen LogP contribution in [0.2, 0.25) is 0 Å². The standard InChI is InChI=1S/C13H12F3N3O3/c14-13(15,16)7-22-11-2-1-9(5-17-11)6-19-4-3-10(12(20)21)18-8-19/h1-5H,6-8H2,(H,20,21). The van der Waals surface area contributed by atoms with Crippen molar-refractivity contribution in [3.63, 3.8) is 0 Å². The van der Waals surface area contributed by atoms with Crippen molar-refractivity contribution in [3.8, 4) is 5.88 Å². The molecule has 0 saturated carbocycles. The van der Waals surface area contributed by atoms with Gasteiger partial charge in [-0.2, -0.15) is 13.2 Å². The lowest BCUT2D eigenvalue weighted by Crippen LogP contribution is -2.24. The zero-order chi connectivity index (χ0) is 16.2. The molecule has 1 aromatic rings. The van der Waals surface area contributed by atoms with E-state index in [1.54, 1.807) is 17.2 Å². The van der Waals surface area contributed by atoms with Crippen molar-refractivity contribution in [1.29, 1.82) is 0 Å². The molecule has 118 valence electrons. The number of aliphatic carboxylic acids is 1. The number of rotatable bonds is 5. The molecule has 1 aliphatic heterocycles. The molecule has 0 unspecified atom stereocenters. The van der Waals surface area contributed by atoms with Crippen molar-refractivity contribution in [2.45, 2.75) is 12.7 Å². The minimum absolute atomic E-state index is 0.0229. The molecule has 1 N–H and O–H groups in total. The summed E-state index contributed by atoms with van der Waals surface area (Å²) in [6, 6.07) is 2.93. The van der Waals surface area contributed by atoms with E-state index in [1.165, 1.54) is 18.3 Å². The van der Waals surface area contributed by atoms with E-state index in [0.717, 1.165) is 5.56 Å². The molecule has 1 aromatic heterocycles. The normalized spacial score (nSPS) is 14.7. The zero-order valence-corrected chi connectivity index (χ0v) is 11.2. The van der Waals surface area contributed by atoms with Crippen LogP contribution in [0.5, 0.6) is 5.88 Å². The van der Waals surface area contributed by atoms with Gasteiger partial charge in [-0.15, -0.1) is 0 Å². The summed E-state index contributed by atoms with van der Waals surface area (Å²) in [5, 5.41) is 8.75. The van der Waals surface area contributed by atoms with Crippen molar-refractivity contribution >= 4 is 11.7 Å². The molecule has 0 aliphatic carbocycles. The van der Waals surface area contributed by atoms with Gasteiger partial charge in [-0.3, -0.25) is 4.99 Å². The molecule has 22 heavy (non-hydrogen) atoms. The Labute approximate surface area is 123 Å². The summed E-state index contributed by atoms with van der Waals surface area (Å²) in [6.07, 6.45) is -0.0423. The lowest BCUT2D eigenvalue weighted by Gasteiger charge is -2.21. The van der Waals surface area contributed by atoms with Crippen molar-refractivity contribution < 1.29 is 27.8 Å². The van der Waals surface area contributed by atoms with Crippen molar-refractivity contribution in [3.05, 3.63) is 36.2 Å². The number of hydrogen-bond donors (Lipinski definition) is 1. The maximum absolute atomic E-state index is 12.0. The summed E-state index contributed by atoms with van der Waals surface area (Å²) in [4.78, 5) is 20.1. The molecule has 0 aromatic carbocycles. The summed E-state index contributed by atoms with van der Waals surface area (Å²) in [5.74, 6) is -1.20. The van der Waals surface area contributed by atoms with E-state index in [1.807, 2.05) is 0 Å². The molecule has 0 saturated heterocycles. The number of ether oxygens (including phenoxy) is 1. The van der Waals surface area contributed by atoms with Crippen LogP contribution in [0.25, 0.3) is 0 Å². The Morgan fingerprint density at radius 1 is 1.41 bits per heavy atom. The number of aromatic nitrogens is 1. The van der Waals surface area contributed by atoms with Crippen LogP contribution in [-0.2, 0) is 11.3 Å².